The molecule has 3 heterocycles. The summed E-state index contributed by atoms with van der Waals surface area (Å²) in [6, 6.07) is 5.69. The Labute approximate surface area is 149 Å². The normalized spacial score (nSPS) is 27.5. The van der Waals surface area contributed by atoms with Crippen molar-refractivity contribution in [2.24, 2.45) is 5.92 Å². The van der Waals surface area contributed by atoms with Gasteiger partial charge in [-0.15, -0.1) is 0 Å². The fourth-order valence-corrected chi connectivity index (χ4v) is 3.47. The summed E-state index contributed by atoms with van der Waals surface area (Å²) in [7, 11) is 0. The zero-order chi connectivity index (χ0) is 17.7. The summed E-state index contributed by atoms with van der Waals surface area (Å²) in [5.74, 6) is 2.53. The highest BCUT2D eigenvalue weighted by atomic mass is 16.7. The van der Waals surface area contributed by atoms with E-state index in [1.54, 1.807) is 0 Å². The van der Waals surface area contributed by atoms with Crippen molar-refractivity contribution in [2.75, 3.05) is 20.2 Å². The van der Waals surface area contributed by atoms with Crippen LogP contribution in [0, 0.1) is 5.92 Å². The highest BCUT2D eigenvalue weighted by molar-refractivity contribution is 6.00. The molecule has 3 aliphatic heterocycles. The maximum absolute atomic E-state index is 12.4. The first kappa shape index (κ1) is 15.1. The van der Waals surface area contributed by atoms with Gasteiger partial charge in [-0.25, -0.2) is 4.79 Å². The minimum absolute atomic E-state index is 0.0243. The van der Waals surface area contributed by atoms with Gasteiger partial charge < -0.3 is 23.7 Å². The van der Waals surface area contributed by atoms with Gasteiger partial charge in [0.25, 0.3) is 0 Å². The summed E-state index contributed by atoms with van der Waals surface area (Å²) in [4.78, 5) is 12.4. The van der Waals surface area contributed by atoms with Gasteiger partial charge in [-0.3, -0.25) is 0 Å². The predicted molar refractivity (Wildman–Crippen MR) is 90.9 cm³/mol. The maximum Gasteiger partial charge on any atom is 0.339 e. The van der Waals surface area contributed by atoms with Crippen LogP contribution in [0.2, 0.25) is 0 Å². The molecule has 6 nitrogen and oxygen atoms in total. The Morgan fingerprint density at radius 3 is 2.73 bits per heavy atom. The highest BCUT2D eigenvalue weighted by Gasteiger charge is 2.33. The lowest BCUT2D eigenvalue weighted by Crippen LogP contribution is -2.09. The molecule has 26 heavy (non-hydrogen) atoms. The molecule has 0 saturated carbocycles. The minimum Gasteiger partial charge on any atom is -0.457 e. The first-order valence-corrected chi connectivity index (χ1v) is 8.40. The molecule has 132 valence electrons. The van der Waals surface area contributed by atoms with Crippen molar-refractivity contribution in [3.63, 3.8) is 0 Å². The van der Waals surface area contributed by atoms with E-state index >= 15 is 0 Å². The predicted octanol–water partition coefficient (Wildman–Crippen LogP) is 3.07. The number of cyclic esters (lactones) is 1. The summed E-state index contributed by atoms with van der Waals surface area (Å²) in [6.07, 6.45) is 5.79. The van der Waals surface area contributed by atoms with Crippen LogP contribution >= 0.6 is 0 Å². The molecule has 2 fully saturated rings. The summed E-state index contributed by atoms with van der Waals surface area (Å²) < 4.78 is 27.0. The van der Waals surface area contributed by atoms with Gasteiger partial charge in [0.15, 0.2) is 23.0 Å². The molecule has 0 bridgehead atoms. The number of hydrogen-bond acceptors (Lipinski definition) is 6. The van der Waals surface area contributed by atoms with E-state index in [9.17, 15) is 4.79 Å². The molecule has 1 atom stereocenters. The van der Waals surface area contributed by atoms with Crippen LogP contribution in [0.4, 0.5) is 0 Å². The first-order valence-electron chi connectivity index (χ1n) is 8.40. The summed E-state index contributed by atoms with van der Waals surface area (Å²) in [5, 5.41) is 0. The first-order chi connectivity index (χ1) is 12.7. The van der Waals surface area contributed by atoms with E-state index in [1.165, 1.54) is 0 Å². The SMILES string of the molecule is CC1C=C2OCOC2=C/C1=C1\C(=O)OC\C1=C/c1ccc2c(c1)OCO2. The average Bonchev–Trinajstić information content (AvgIpc) is 3.34. The van der Waals surface area contributed by atoms with Gasteiger partial charge in [-0.2, -0.15) is 0 Å². The monoisotopic (exact) mass is 352 g/mol. The lowest BCUT2D eigenvalue weighted by atomic mass is 9.88. The standard InChI is InChI=1S/C20H16O6/c1-11-4-16-18(26-10-24-16)7-14(11)19-13(8-22-20(19)21)5-12-2-3-15-17(6-12)25-9-23-15/h2-7,11H,8-10H2,1H3/b13-5+,19-14+. The molecule has 6 heteroatoms. The third kappa shape index (κ3) is 2.37. The molecule has 2 saturated heterocycles. The van der Waals surface area contributed by atoms with Crippen LogP contribution in [0.25, 0.3) is 6.08 Å². The summed E-state index contributed by atoms with van der Waals surface area (Å²) >= 11 is 0. The molecule has 1 aromatic rings. The molecule has 0 aromatic heterocycles. The van der Waals surface area contributed by atoms with E-state index in [2.05, 4.69) is 0 Å². The van der Waals surface area contributed by atoms with Crippen molar-refractivity contribution >= 4 is 12.0 Å². The molecule has 1 aromatic carbocycles. The zero-order valence-electron chi connectivity index (χ0n) is 14.1. The van der Waals surface area contributed by atoms with Crippen molar-refractivity contribution in [1.82, 2.24) is 0 Å². The molecule has 0 spiro atoms. The minimum atomic E-state index is -0.313. The topological polar surface area (TPSA) is 63.2 Å². The number of fused-ring (bicyclic) bond motifs is 2. The van der Waals surface area contributed by atoms with E-state index < -0.39 is 0 Å². The van der Waals surface area contributed by atoms with Gasteiger partial charge in [0, 0.05) is 11.5 Å². The van der Waals surface area contributed by atoms with Gasteiger partial charge >= 0.3 is 5.97 Å². The van der Waals surface area contributed by atoms with Gasteiger partial charge in [-0.05, 0) is 41.5 Å². The van der Waals surface area contributed by atoms with E-state index in [0.29, 0.717) is 17.1 Å². The van der Waals surface area contributed by atoms with E-state index in [1.807, 2.05) is 43.4 Å². The third-order valence-corrected chi connectivity index (χ3v) is 4.76. The number of hydrogen-bond donors (Lipinski definition) is 0. The fourth-order valence-electron chi connectivity index (χ4n) is 3.47. The number of carbonyl (C=O) groups excluding carboxylic acids is 1. The van der Waals surface area contributed by atoms with Crippen LogP contribution in [-0.2, 0) is 19.0 Å². The van der Waals surface area contributed by atoms with E-state index in [4.69, 9.17) is 23.7 Å². The zero-order valence-corrected chi connectivity index (χ0v) is 14.1. The van der Waals surface area contributed by atoms with E-state index in [-0.39, 0.29) is 32.1 Å². The molecular formula is C20H16O6. The largest absolute Gasteiger partial charge is 0.457 e. The average molecular weight is 352 g/mol. The number of ether oxygens (including phenoxy) is 5. The molecule has 1 unspecified atom stereocenters. The molecule has 0 amide bonds. The van der Waals surface area contributed by atoms with E-state index in [0.717, 1.165) is 28.2 Å². The van der Waals surface area contributed by atoms with Crippen molar-refractivity contribution in [1.29, 1.82) is 0 Å². The van der Waals surface area contributed by atoms with Crippen molar-refractivity contribution in [3.05, 3.63) is 64.2 Å². The molecule has 5 rings (SSSR count). The number of carbonyl (C=O) groups is 1. The Hall–Kier alpha value is -3.15. The summed E-state index contributed by atoms with van der Waals surface area (Å²) in [6.45, 7) is 2.70. The van der Waals surface area contributed by atoms with Crippen LogP contribution in [0.5, 0.6) is 11.5 Å². The Morgan fingerprint density at radius 2 is 1.81 bits per heavy atom. The van der Waals surface area contributed by atoms with Crippen molar-refractivity contribution < 1.29 is 28.5 Å². The smallest absolute Gasteiger partial charge is 0.339 e. The fraction of sp³-hybridized carbons (Fsp3) is 0.250. The Balaban J connectivity index is 1.57. The van der Waals surface area contributed by atoms with Crippen LogP contribution < -0.4 is 9.47 Å². The second-order valence-corrected chi connectivity index (χ2v) is 6.42. The van der Waals surface area contributed by atoms with Crippen molar-refractivity contribution in [2.45, 2.75) is 6.92 Å². The van der Waals surface area contributed by atoms with Crippen LogP contribution in [0.3, 0.4) is 0 Å². The van der Waals surface area contributed by atoms with Crippen LogP contribution in [-0.4, -0.2) is 26.2 Å². The maximum atomic E-state index is 12.4. The molecule has 0 radical (unpaired) electrons. The quantitative estimate of drug-likeness (QED) is 0.572. The van der Waals surface area contributed by atoms with Crippen LogP contribution in [0.15, 0.2) is 58.6 Å². The molecule has 0 N–H and O–H groups in total. The Morgan fingerprint density at radius 1 is 1.00 bits per heavy atom. The number of rotatable bonds is 1. The lowest BCUT2D eigenvalue weighted by molar-refractivity contribution is -0.135. The molecular weight excluding hydrogens is 336 g/mol. The number of benzene rings is 1. The summed E-state index contributed by atoms with van der Waals surface area (Å²) in [5.41, 5.74) is 3.23. The highest BCUT2D eigenvalue weighted by Crippen LogP contribution is 2.38. The lowest BCUT2D eigenvalue weighted by Gasteiger charge is -2.16. The molecule has 4 aliphatic rings. The Bertz CT molecular complexity index is 934. The molecule has 1 aliphatic carbocycles. The van der Waals surface area contributed by atoms with Gasteiger partial charge in [0.05, 0.1) is 5.57 Å². The van der Waals surface area contributed by atoms with Gasteiger partial charge in [0.1, 0.15) is 6.61 Å². The van der Waals surface area contributed by atoms with Crippen LogP contribution in [0.1, 0.15) is 12.5 Å². The second kappa shape index (κ2) is 5.69. The third-order valence-electron chi connectivity index (χ3n) is 4.76. The van der Waals surface area contributed by atoms with Crippen molar-refractivity contribution in [3.8, 4) is 11.5 Å². The second-order valence-electron chi connectivity index (χ2n) is 6.42. The van der Waals surface area contributed by atoms with Gasteiger partial charge in [0.2, 0.25) is 13.6 Å². The number of esters is 1. The Kier molecular flexibility index (Phi) is 3.31. The van der Waals surface area contributed by atoms with Gasteiger partial charge in [-0.1, -0.05) is 13.0 Å². The number of allylic oxidation sites excluding steroid dienone is 3.